The minimum atomic E-state index is 0.664. The Morgan fingerprint density at radius 1 is 1.07 bits per heavy atom. The lowest BCUT2D eigenvalue weighted by atomic mass is 10.0. The fraction of sp³-hybridized carbons (Fsp3) is 0.565. The topological polar surface area (TPSA) is 62.8 Å². The maximum atomic E-state index is 5.49. The lowest BCUT2D eigenvalue weighted by molar-refractivity contribution is 0.0114. The van der Waals surface area contributed by atoms with E-state index >= 15 is 0 Å². The summed E-state index contributed by atoms with van der Waals surface area (Å²) in [5.74, 6) is 2.64. The number of hydrogen-bond acceptors (Lipinski definition) is 7. The van der Waals surface area contributed by atoms with Gasteiger partial charge in [-0.05, 0) is 43.9 Å². The SMILES string of the molecule is COc1ccc(CCNc2cc(C)nc(N3CCC(N4CCOCC4)CC3)n2)cc1. The van der Waals surface area contributed by atoms with Gasteiger partial charge in [0, 0.05) is 50.5 Å². The van der Waals surface area contributed by atoms with E-state index < -0.39 is 0 Å². The number of nitrogens with zero attached hydrogens (tertiary/aromatic N) is 4. The molecule has 0 spiro atoms. The highest BCUT2D eigenvalue weighted by Gasteiger charge is 2.27. The molecule has 2 aliphatic heterocycles. The van der Waals surface area contributed by atoms with Gasteiger partial charge in [-0.3, -0.25) is 4.90 Å². The van der Waals surface area contributed by atoms with Crippen molar-refractivity contribution in [2.75, 3.05) is 63.3 Å². The minimum absolute atomic E-state index is 0.664. The summed E-state index contributed by atoms with van der Waals surface area (Å²) in [6, 6.07) is 10.9. The molecule has 30 heavy (non-hydrogen) atoms. The third kappa shape index (κ3) is 5.40. The largest absolute Gasteiger partial charge is 0.497 e. The second kappa shape index (κ2) is 10.1. The number of hydrogen-bond donors (Lipinski definition) is 1. The molecule has 0 radical (unpaired) electrons. The molecular formula is C23H33N5O2. The molecule has 2 aromatic rings. The van der Waals surface area contributed by atoms with E-state index in [1.54, 1.807) is 7.11 Å². The lowest BCUT2D eigenvalue weighted by Crippen LogP contribution is -2.49. The van der Waals surface area contributed by atoms with Crippen LogP contribution in [0.25, 0.3) is 0 Å². The Morgan fingerprint density at radius 2 is 1.80 bits per heavy atom. The van der Waals surface area contributed by atoms with Crippen LogP contribution in [-0.2, 0) is 11.2 Å². The van der Waals surface area contributed by atoms with Crippen LogP contribution in [0.1, 0.15) is 24.1 Å². The Kier molecular flexibility index (Phi) is 7.02. The van der Waals surface area contributed by atoms with Crippen LogP contribution in [0.3, 0.4) is 0 Å². The predicted octanol–water partition coefficient (Wildman–Crippen LogP) is 2.75. The van der Waals surface area contributed by atoms with E-state index in [2.05, 4.69) is 27.2 Å². The molecule has 4 rings (SSSR count). The number of aromatic nitrogens is 2. The molecule has 0 atom stereocenters. The molecule has 1 N–H and O–H groups in total. The summed E-state index contributed by atoms with van der Waals surface area (Å²) in [6.07, 6.45) is 3.27. The van der Waals surface area contributed by atoms with Gasteiger partial charge in [0.05, 0.1) is 20.3 Å². The third-order valence-electron chi connectivity index (χ3n) is 6.03. The van der Waals surface area contributed by atoms with Crippen molar-refractivity contribution in [3.8, 4) is 5.75 Å². The molecule has 2 saturated heterocycles. The van der Waals surface area contributed by atoms with Gasteiger partial charge in [-0.2, -0.15) is 4.98 Å². The van der Waals surface area contributed by atoms with Gasteiger partial charge in [0.25, 0.3) is 0 Å². The predicted molar refractivity (Wildman–Crippen MR) is 120 cm³/mol. The van der Waals surface area contributed by atoms with Gasteiger partial charge < -0.3 is 19.7 Å². The van der Waals surface area contributed by atoms with E-state index in [1.807, 2.05) is 25.1 Å². The normalized spacial score (nSPS) is 18.4. The summed E-state index contributed by atoms with van der Waals surface area (Å²) >= 11 is 0. The van der Waals surface area contributed by atoms with Gasteiger partial charge in [-0.1, -0.05) is 12.1 Å². The molecule has 0 saturated carbocycles. The Labute approximate surface area is 179 Å². The maximum Gasteiger partial charge on any atom is 0.227 e. The van der Waals surface area contributed by atoms with Gasteiger partial charge in [-0.15, -0.1) is 0 Å². The number of ether oxygens (including phenoxy) is 2. The van der Waals surface area contributed by atoms with E-state index in [0.717, 1.165) is 88.4 Å². The number of aryl methyl sites for hydroxylation is 1. The minimum Gasteiger partial charge on any atom is -0.497 e. The van der Waals surface area contributed by atoms with Crippen LogP contribution in [0, 0.1) is 6.92 Å². The molecule has 162 valence electrons. The van der Waals surface area contributed by atoms with Gasteiger partial charge in [0.2, 0.25) is 5.95 Å². The van der Waals surface area contributed by atoms with Crippen molar-refractivity contribution in [3.63, 3.8) is 0 Å². The van der Waals surface area contributed by atoms with Crippen LogP contribution >= 0.6 is 0 Å². The number of piperidine rings is 1. The van der Waals surface area contributed by atoms with Gasteiger partial charge in [0.1, 0.15) is 11.6 Å². The maximum absolute atomic E-state index is 5.49. The Balaban J connectivity index is 1.30. The van der Waals surface area contributed by atoms with E-state index in [-0.39, 0.29) is 0 Å². The monoisotopic (exact) mass is 411 g/mol. The third-order valence-corrected chi connectivity index (χ3v) is 6.03. The van der Waals surface area contributed by atoms with Crippen molar-refractivity contribution in [2.24, 2.45) is 0 Å². The van der Waals surface area contributed by atoms with Crippen LogP contribution in [0.15, 0.2) is 30.3 Å². The zero-order valence-electron chi connectivity index (χ0n) is 18.1. The zero-order chi connectivity index (χ0) is 20.8. The van der Waals surface area contributed by atoms with Crippen molar-refractivity contribution in [3.05, 3.63) is 41.6 Å². The van der Waals surface area contributed by atoms with Crippen molar-refractivity contribution in [1.82, 2.24) is 14.9 Å². The van der Waals surface area contributed by atoms with Crippen molar-refractivity contribution in [1.29, 1.82) is 0 Å². The van der Waals surface area contributed by atoms with Gasteiger partial charge >= 0.3 is 0 Å². The number of nitrogens with one attached hydrogen (secondary N) is 1. The first-order valence-corrected chi connectivity index (χ1v) is 11.0. The van der Waals surface area contributed by atoms with Crippen LogP contribution in [0.5, 0.6) is 5.75 Å². The fourth-order valence-corrected chi connectivity index (χ4v) is 4.29. The summed E-state index contributed by atoms with van der Waals surface area (Å²) in [5.41, 5.74) is 2.28. The molecule has 0 aliphatic carbocycles. The second-order valence-corrected chi connectivity index (χ2v) is 8.09. The highest BCUT2D eigenvalue weighted by molar-refractivity contribution is 5.44. The first kappa shape index (κ1) is 20.9. The number of methoxy groups -OCH3 is 1. The standard InChI is InChI=1S/C23H33N5O2/c1-18-17-22(24-10-7-19-3-5-21(29-2)6-4-19)26-23(25-18)28-11-8-20(9-12-28)27-13-15-30-16-14-27/h3-6,17,20H,7-16H2,1-2H3,(H,24,25,26). The molecule has 1 aromatic carbocycles. The average molecular weight is 412 g/mol. The number of morpholine rings is 1. The van der Waals surface area contributed by atoms with E-state index in [9.17, 15) is 0 Å². The summed E-state index contributed by atoms with van der Waals surface area (Å²) in [7, 11) is 1.69. The molecule has 0 unspecified atom stereocenters. The molecule has 7 heteroatoms. The van der Waals surface area contributed by atoms with E-state index in [4.69, 9.17) is 19.4 Å². The van der Waals surface area contributed by atoms with Crippen LogP contribution in [-0.4, -0.2) is 74.0 Å². The first-order valence-electron chi connectivity index (χ1n) is 11.0. The fourth-order valence-electron chi connectivity index (χ4n) is 4.29. The average Bonchev–Trinajstić information content (AvgIpc) is 2.80. The molecule has 7 nitrogen and oxygen atoms in total. The zero-order valence-corrected chi connectivity index (χ0v) is 18.1. The number of benzene rings is 1. The molecule has 0 bridgehead atoms. The first-order chi connectivity index (χ1) is 14.7. The lowest BCUT2D eigenvalue weighted by Gasteiger charge is -2.40. The summed E-state index contributed by atoms with van der Waals surface area (Å²) in [4.78, 5) is 14.4. The highest BCUT2D eigenvalue weighted by atomic mass is 16.5. The van der Waals surface area contributed by atoms with Crippen LogP contribution in [0.4, 0.5) is 11.8 Å². The molecule has 1 aromatic heterocycles. The molecule has 2 fully saturated rings. The van der Waals surface area contributed by atoms with E-state index in [0.29, 0.717) is 6.04 Å². The molecule has 0 amide bonds. The van der Waals surface area contributed by atoms with E-state index in [1.165, 1.54) is 5.56 Å². The number of anilines is 2. The Hall–Kier alpha value is -2.38. The van der Waals surface area contributed by atoms with Crippen molar-refractivity contribution in [2.45, 2.75) is 32.2 Å². The molecular weight excluding hydrogens is 378 g/mol. The van der Waals surface area contributed by atoms with Crippen LogP contribution < -0.4 is 15.0 Å². The van der Waals surface area contributed by atoms with Gasteiger partial charge in [0.15, 0.2) is 0 Å². The molecule has 3 heterocycles. The smallest absolute Gasteiger partial charge is 0.227 e. The van der Waals surface area contributed by atoms with Gasteiger partial charge in [-0.25, -0.2) is 4.98 Å². The Morgan fingerprint density at radius 3 is 2.50 bits per heavy atom. The second-order valence-electron chi connectivity index (χ2n) is 8.09. The molecule has 2 aliphatic rings. The quantitative estimate of drug-likeness (QED) is 0.752. The summed E-state index contributed by atoms with van der Waals surface area (Å²) < 4.78 is 10.7. The highest BCUT2D eigenvalue weighted by Crippen LogP contribution is 2.22. The van der Waals surface area contributed by atoms with Crippen LogP contribution in [0.2, 0.25) is 0 Å². The summed E-state index contributed by atoms with van der Waals surface area (Å²) in [5, 5.41) is 3.47. The number of rotatable bonds is 7. The van der Waals surface area contributed by atoms with Crippen molar-refractivity contribution >= 4 is 11.8 Å². The van der Waals surface area contributed by atoms with Crippen molar-refractivity contribution < 1.29 is 9.47 Å². The Bertz CT molecular complexity index is 800. The summed E-state index contributed by atoms with van der Waals surface area (Å²) in [6.45, 7) is 8.76.